The van der Waals surface area contributed by atoms with Gasteiger partial charge in [0, 0.05) is 31.7 Å². The van der Waals surface area contributed by atoms with Gasteiger partial charge in [-0.25, -0.2) is 0 Å². The molecule has 142 valence electrons. The molecule has 0 saturated carbocycles. The van der Waals surface area contributed by atoms with Crippen LogP contribution in [0.15, 0.2) is 12.1 Å². The molecule has 4 rings (SSSR count). The molecule has 1 amide bonds. The van der Waals surface area contributed by atoms with Gasteiger partial charge in [0.1, 0.15) is 5.75 Å². The van der Waals surface area contributed by atoms with Gasteiger partial charge in [0.25, 0.3) is 0 Å². The number of nitrogens with zero attached hydrogens (tertiary/aromatic N) is 2. The van der Waals surface area contributed by atoms with Crippen molar-refractivity contribution in [1.82, 2.24) is 9.80 Å². The third-order valence-electron chi connectivity index (χ3n) is 6.52. The van der Waals surface area contributed by atoms with Crippen LogP contribution in [0.3, 0.4) is 0 Å². The number of ether oxygens (including phenoxy) is 1. The quantitative estimate of drug-likeness (QED) is 0.875. The van der Waals surface area contributed by atoms with E-state index in [4.69, 9.17) is 4.74 Å². The Morgan fingerprint density at radius 2 is 1.96 bits per heavy atom. The van der Waals surface area contributed by atoms with Gasteiger partial charge in [-0.1, -0.05) is 6.07 Å². The number of aliphatic hydroxyl groups is 1. The Morgan fingerprint density at radius 1 is 1.15 bits per heavy atom. The second-order valence-corrected chi connectivity index (χ2v) is 8.15. The van der Waals surface area contributed by atoms with Crippen molar-refractivity contribution in [3.8, 4) is 5.75 Å². The van der Waals surface area contributed by atoms with Gasteiger partial charge < -0.3 is 14.7 Å². The third-order valence-corrected chi connectivity index (χ3v) is 6.52. The first-order valence-corrected chi connectivity index (χ1v) is 9.96. The molecule has 2 aliphatic heterocycles. The lowest BCUT2D eigenvalue weighted by Gasteiger charge is -2.39. The van der Waals surface area contributed by atoms with E-state index in [0.717, 1.165) is 57.6 Å². The first-order valence-electron chi connectivity index (χ1n) is 9.96. The van der Waals surface area contributed by atoms with Crippen molar-refractivity contribution in [3.63, 3.8) is 0 Å². The molecule has 0 radical (unpaired) electrons. The Balaban J connectivity index is 1.49. The third kappa shape index (κ3) is 3.12. The van der Waals surface area contributed by atoms with Crippen LogP contribution >= 0.6 is 0 Å². The molecule has 26 heavy (non-hydrogen) atoms. The number of carbonyl (C=O) groups is 1. The SMILES string of the molecule is COc1cc2c(cc1CN1CC[C@]3(CCCN(CCO)C3=O)C1)CCC2. The Kier molecular flexibility index (Phi) is 4.93. The number of β-amino-alcohol motifs (C(OH)–C–C–N with tert-alkyl or cyclic N) is 1. The summed E-state index contributed by atoms with van der Waals surface area (Å²) in [6.07, 6.45) is 6.52. The number of hydrogen-bond donors (Lipinski definition) is 1. The molecular formula is C21H30N2O3. The van der Waals surface area contributed by atoms with Crippen LogP contribution < -0.4 is 4.74 Å². The van der Waals surface area contributed by atoms with Gasteiger partial charge in [-0.2, -0.15) is 0 Å². The summed E-state index contributed by atoms with van der Waals surface area (Å²) in [6, 6.07) is 4.55. The number of methoxy groups -OCH3 is 1. The Bertz CT molecular complexity index is 688. The fourth-order valence-corrected chi connectivity index (χ4v) is 5.17. The molecule has 3 aliphatic rings. The molecule has 1 atom stereocenters. The topological polar surface area (TPSA) is 53.0 Å². The standard InChI is InChI=1S/C21H30N2O3/c1-26-19-13-17-5-2-4-16(17)12-18(19)14-22-9-7-21(15-22)6-3-8-23(10-11-24)20(21)25/h12-13,24H,2-11,14-15H2,1H3/t21-/m1/s1. The second kappa shape index (κ2) is 7.20. The van der Waals surface area contributed by atoms with Crippen molar-refractivity contribution in [2.45, 2.75) is 45.1 Å². The van der Waals surface area contributed by atoms with Gasteiger partial charge >= 0.3 is 0 Å². The maximum atomic E-state index is 13.0. The van der Waals surface area contributed by atoms with Crippen molar-refractivity contribution in [1.29, 1.82) is 0 Å². The maximum absolute atomic E-state index is 13.0. The molecule has 0 aromatic heterocycles. The largest absolute Gasteiger partial charge is 0.496 e. The van der Waals surface area contributed by atoms with E-state index in [1.807, 2.05) is 4.90 Å². The average Bonchev–Trinajstić information content (AvgIpc) is 3.26. The van der Waals surface area contributed by atoms with E-state index in [1.165, 1.54) is 29.5 Å². The van der Waals surface area contributed by atoms with Gasteiger partial charge in [-0.3, -0.25) is 9.69 Å². The van der Waals surface area contributed by atoms with E-state index >= 15 is 0 Å². The zero-order valence-corrected chi connectivity index (χ0v) is 15.8. The number of aryl methyl sites for hydroxylation is 2. The molecule has 1 spiro atoms. The number of fused-ring (bicyclic) bond motifs is 1. The molecule has 2 saturated heterocycles. The zero-order chi connectivity index (χ0) is 18.1. The van der Waals surface area contributed by atoms with Gasteiger partial charge in [-0.15, -0.1) is 0 Å². The Hall–Kier alpha value is -1.59. The van der Waals surface area contributed by atoms with E-state index < -0.39 is 0 Å². The summed E-state index contributed by atoms with van der Waals surface area (Å²) in [4.78, 5) is 17.3. The van der Waals surface area contributed by atoms with E-state index in [2.05, 4.69) is 17.0 Å². The Labute approximate surface area is 155 Å². The number of amides is 1. The first kappa shape index (κ1) is 17.8. The smallest absolute Gasteiger partial charge is 0.230 e. The summed E-state index contributed by atoms with van der Waals surface area (Å²) in [6.45, 7) is 3.95. The molecule has 5 nitrogen and oxygen atoms in total. The molecule has 1 aromatic rings. The Morgan fingerprint density at radius 3 is 2.73 bits per heavy atom. The molecule has 1 aromatic carbocycles. The summed E-state index contributed by atoms with van der Waals surface area (Å²) in [7, 11) is 1.75. The fraction of sp³-hybridized carbons (Fsp3) is 0.667. The minimum absolute atomic E-state index is 0.0534. The van der Waals surface area contributed by atoms with Crippen LogP contribution in [0.1, 0.15) is 42.4 Å². The van der Waals surface area contributed by atoms with Crippen molar-refractivity contribution in [3.05, 3.63) is 28.8 Å². The zero-order valence-electron chi connectivity index (χ0n) is 15.8. The van der Waals surface area contributed by atoms with Crippen LogP contribution in [0.25, 0.3) is 0 Å². The minimum Gasteiger partial charge on any atom is -0.496 e. The first-order chi connectivity index (χ1) is 12.6. The highest BCUT2D eigenvalue weighted by Crippen LogP contribution is 2.41. The number of likely N-dealkylation sites (tertiary alicyclic amines) is 2. The molecular weight excluding hydrogens is 328 g/mol. The molecule has 0 bridgehead atoms. The number of carbonyl (C=O) groups excluding carboxylic acids is 1. The van der Waals surface area contributed by atoms with Gasteiger partial charge in [0.05, 0.1) is 19.1 Å². The van der Waals surface area contributed by atoms with Crippen molar-refractivity contribution >= 4 is 5.91 Å². The monoisotopic (exact) mass is 358 g/mol. The van der Waals surface area contributed by atoms with Crippen molar-refractivity contribution < 1.29 is 14.6 Å². The summed E-state index contributed by atoms with van der Waals surface area (Å²) in [5, 5.41) is 9.23. The number of benzene rings is 1. The highest BCUT2D eigenvalue weighted by atomic mass is 16.5. The van der Waals surface area contributed by atoms with E-state index in [1.54, 1.807) is 7.11 Å². The molecule has 2 heterocycles. The lowest BCUT2D eigenvalue weighted by molar-refractivity contribution is -0.146. The second-order valence-electron chi connectivity index (χ2n) is 8.15. The van der Waals surface area contributed by atoms with E-state index in [9.17, 15) is 9.90 Å². The van der Waals surface area contributed by atoms with Crippen LogP contribution in [0, 0.1) is 5.41 Å². The van der Waals surface area contributed by atoms with E-state index in [0.29, 0.717) is 6.54 Å². The van der Waals surface area contributed by atoms with Gasteiger partial charge in [0.2, 0.25) is 5.91 Å². The van der Waals surface area contributed by atoms with Crippen LogP contribution in [0.5, 0.6) is 5.75 Å². The predicted octanol–water partition coefficient (Wildman–Crippen LogP) is 1.99. The molecule has 1 N–H and O–H groups in total. The summed E-state index contributed by atoms with van der Waals surface area (Å²) in [5.74, 6) is 1.24. The lowest BCUT2D eigenvalue weighted by atomic mass is 9.78. The normalized spacial score (nSPS) is 25.9. The fourth-order valence-electron chi connectivity index (χ4n) is 5.17. The van der Waals surface area contributed by atoms with Crippen LogP contribution in [0.2, 0.25) is 0 Å². The summed E-state index contributed by atoms with van der Waals surface area (Å²) >= 11 is 0. The molecule has 2 fully saturated rings. The van der Waals surface area contributed by atoms with Gasteiger partial charge in [-0.05, 0) is 62.3 Å². The number of aliphatic hydroxyl groups excluding tert-OH is 1. The lowest BCUT2D eigenvalue weighted by Crippen LogP contribution is -2.50. The highest BCUT2D eigenvalue weighted by Gasteiger charge is 2.48. The van der Waals surface area contributed by atoms with Gasteiger partial charge in [0.15, 0.2) is 0 Å². The summed E-state index contributed by atoms with van der Waals surface area (Å²) in [5.41, 5.74) is 3.92. The predicted molar refractivity (Wildman–Crippen MR) is 100 cm³/mol. The molecule has 1 aliphatic carbocycles. The molecule has 5 heteroatoms. The van der Waals surface area contributed by atoms with E-state index in [-0.39, 0.29) is 17.9 Å². The van der Waals surface area contributed by atoms with Crippen LogP contribution in [-0.4, -0.2) is 60.7 Å². The van der Waals surface area contributed by atoms with Crippen molar-refractivity contribution in [2.75, 3.05) is 39.9 Å². The summed E-state index contributed by atoms with van der Waals surface area (Å²) < 4.78 is 5.66. The minimum atomic E-state index is -0.239. The highest BCUT2D eigenvalue weighted by molar-refractivity contribution is 5.84. The van der Waals surface area contributed by atoms with Crippen molar-refractivity contribution in [2.24, 2.45) is 5.41 Å². The average molecular weight is 358 g/mol. The number of hydrogen-bond acceptors (Lipinski definition) is 4. The van der Waals surface area contributed by atoms with Crippen LogP contribution in [0.4, 0.5) is 0 Å². The number of piperidine rings is 1. The molecule has 0 unspecified atom stereocenters. The maximum Gasteiger partial charge on any atom is 0.230 e. The van der Waals surface area contributed by atoms with Crippen LogP contribution in [-0.2, 0) is 24.2 Å². The number of rotatable bonds is 5.